The fourth-order valence-electron chi connectivity index (χ4n) is 1.57. The zero-order valence-electron chi connectivity index (χ0n) is 12.2. The van der Waals surface area contributed by atoms with Gasteiger partial charge in [-0.2, -0.15) is 0 Å². The highest BCUT2D eigenvalue weighted by molar-refractivity contribution is 6.31. The van der Waals surface area contributed by atoms with Gasteiger partial charge in [-0.25, -0.2) is 0 Å². The molecule has 6 heteroatoms. The molecule has 0 saturated carbocycles. The molecule has 0 saturated heterocycles. The highest BCUT2D eigenvalue weighted by atomic mass is 35.5. The molecule has 1 aromatic rings. The van der Waals surface area contributed by atoms with Gasteiger partial charge in [0, 0.05) is 18.0 Å². The number of halogens is 1. The molecule has 0 fully saturated rings. The van der Waals surface area contributed by atoms with Crippen molar-refractivity contribution in [2.24, 2.45) is 5.92 Å². The number of benzene rings is 1. The molecule has 1 rings (SSSR count). The van der Waals surface area contributed by atoms with Crippen LogP contribution < -0.4 is 10.1 Å². The van der Waals surface area contributed by atoms with Gasteiger partial charge in [0.2, 0.25) is 5.91 Å². The van der Waals surface area contributed by atoms with E-state index in [0.29, 0.717) is 24.5 Å². The lowest BCUT2D eigenvalue weighted by Crippen LogP contribution is -2.31. The van der Waals surface area contributed by atoms with E-state index in [4.69, 9.17) is 21.4 Å². The number of carboxylic acids is 1. The van der Waals surface area contributed by atoms with E-state index in [-0.39, 0.29) is 12.5 Å². The first-order chi connectivity index (χ1) is 9.90. The van der Waals surface area contributed by atoms with Crippen molar-refractivity contribution in [3.05, 3.63) is 28.8 Å². The summed E-state index contributed by atoms with van der Waals surface area (Å²) in [6, 6.07) is 5.40. The second kappa shape index (κ2) is 8.52. The number of amides is 1. The van der Waals surface area contributed by atoms with E-state index in [0.717, 1.165) is 11.3 Å². The molecular formula is C15H20ClNO4. The molecule has 1 atom stereocenters. The second-order valence-electron chi connectivity index (χ2n) is 4.91. The number of carboxylic acid groups (broad SMARTS) is 1. The minimum Gasteiger partial charge on any atom is -0.494 e. The van der Waals surface area contributed by atoms with Gasteiger partial charge >= 0.3 is 5.97 Å². The smallest absolute Gasteiger partial charge is 0.308 e. The molecular weight excluding hydrogens is 294 g/mol. The topological polar surface area (TPSA) is 75.6 Å². The minimum atomic E-state index is -0.920. The molecule has 0 heterocycles. The number of aliphatic carboxylic acids is 1. The Labute approximate surface area is 129 Å². The van der Waals surface area contributed by atoms with Gasteiger partial charge in [0.05, 0.1) is 12.5 Å². The van der Waals surface area contributed by atoms with Crippen LogP contribution in [0, 0.1) is 12.8 Å². The van der Waals surface area contributed by atoms with E-state index >= 15 is 0 Å². The average Bonchev–Trinajstić information content (AvgIpc) is 2.44. The Morgan fingerprint density at radius 3 is 2.76 bits per heavy atom. The number of rotatable bonds is 8. The third kappa shape index (κ3) is 6.49. The van der Waals surface area contributed by atoms with Crippen LogP contribution in [0.15, 0.2) is 18.2 Å². The maximum absolute atomic E-state index is 11.5. The lowest BCUT2D eigenvalue weighted by atomic mass is 10.2. The van der Waals surface area contributed by atoms with Crippen LogP contribution in [0.2, 0.25) is 5.02 Å². The monoisotopic (exact) mass is 313 g/mol. The third-order valence-corrected chi connectivity index (χ3v) is 3.40. The normalized spacial score (nSPS) is 11.8. The Morgan fingerprint density at radius 2 is 2.14 bits per heavy atom. The third-order valence-electron chi connectivity index (χ3n) is 2.97. The van der Waals surface area contributed by atoms with Gasteiger partial charge in [-0.3, -0.25) is 9.59 Å². The zero-order valence-corrected chi connectivity index (χ0v) is 12.9. The van der Waals surface area contributed by atoms with Gasteiger partial charge in [-0.15, -0.1) is 0 Å². The van der Waals surface area contributed by atoms with E-state index < -0.39 is 11.9 Å². The SMILES string of the molecule is Cc1cc(OCCCC(=O)NCC(C)C(=O)O)ccc1Cl. The summed E-state index contributed by atoms with van der Waals surface area (Å²) in [7, 11) is 0. The highest BCUT2D eigenvalue weighted by Gasteiger charge is 2.11. The van der Waals surface area contributed by atoms with Crippen LogP contribution >= 0.6 is 11.6 Å². The van der Waals surface area contributed by atoms with Crippen LogP contribution in [-0.4, -0.2) is 30.1 Å². The van der Waals surface area contributed by atoms with Gasteiger partial charge in [0.25, 0.3) is 0 Å². The molecule has 1 unspecified atom stereocenters. The lowest BCUT2D eigenvalue weighted by molar-refractivity contribution is -0.141. The van der Waals surface area contributed by atoms with Crippen LogP contribution in [0.1, 0.15) is 25.3 Å². The molecule has 0 aliphatic carbocycles. The predicted molar refractivity (Wildman–Crippen MR) is 80.7 cm³/mol. The Bertz CT molecular complexity index is 504. The molecule has 0 aliphatic rings. The van der Waals surface area contributed by atoms with E-state index in [9.17, 15) is 9.59 Å². The first kappa shape index (κ1) is 17.3. The summed E-state index contributed by atoms with van der Waals surface area (Å²) < 4.78 is 5.52. The molecule has 0 radical (unpaired) electrons. The van der Waals surface area contributed by atoms with Gasteiger partial charge < -0.3 is 15.2 Å². The minimum absolute atomic E-state index is 0.144. The number of hydrogen-bond acceptors (Lipinski definition) is 3. The zero-order chi connectivity index (χ0) is 15.8. The van der Waals surface area contributed by atoms with Crippen molar-refractivity contribution in [3.63, 3.8) is 0 Å². The summed E-state index contributed by atoms with van der Waals surface area (Å²) in [6.45, 7) is 4.01. The first-order valence-electron chi connectivity index (χ1n) is 6.78. The molecule has 1 amide bonds. The number of nitrogens with one attached hydrogen (secondary N) is 1. The molecule has 5 nitrogen and oxygen atoms in total. The van der Waals surface area contributed by atoms with Crippen LogP contribution in [-0.2, 0) is 9.59 Å². The van der Waals surface area contributed by atoms with Gasteiger partial charge in [0.1, 0.15) is 5.75 Å². The van der Waals surface area contributed by atoms with E-state index in [1.165, 1.54) is 0 Å². The van der Waals surface area contributed by atoms with Crippen molar-refractivity contribution in [2.45, 2.75) is 26.7 Å². The van der Waals surface area contributed by atoms with E-state index in [1.54, 1.807) is 19.1 Å². The number of hydrogen-bond donors (Lipinski definition) is 2. The van der Waals surface area contributed by atoms with Crippen LogP contribution in [0.5, 0.6) is 5.75 Å². The maximum Gasteiger partial charge on any atom is 0.308 e. The van der Waals surface area contributed by atoms with Crippen molar-refractivity contribution < 1.29 is 19.4 Å². The quantitative estimate of drug-likeness (QED) is 0.723. The lowest BCUT2D eigenvalue weighted by Gasteiger charge is -2.09. The number of carbonyl (C=O) groups is 2. The summed E-state index contributed by atoms with van der Waals surface area (Å²) in [6.07, 6.45) is 0.869. The standard InChI is InChI=1S/C15H20ClNO4/c1-10-8-12(5-6-13(10)16)21-7-3-4-14(18)17-9-11(2)15(19)20/h5-6,8,11H,3-4,7,9H2,1-2H3,(H,17,18)(H,19,20). The largest absolute Gasteiger partial charge is 0.494 e. The molecule has 2 N–H and O–H groups in total. The summed E-state index contributed by atoms with van der Waals surface area (Å²) in [5, 5.41) is 12.0. The van der Waals surface area contributed by atoms with Crippen LogP contribution in [0.3, 0.4) is 0 Å². The van der Waals surface area contributed by atoms with E-state index in [1.807, 2.05) is 13.0 Å². The molecule has 0 bridgehead atoms. The fraction of sp³-hybridized carbons (Fsp3) is 0.467. The van der Waals surface area contributed by atoms with Crippen LogP contribution in [0.4, 0.5) is 0 Å². The Balaban J connectivity index is 2.20. The second-order valence-corrected chi connectivity index (χ2v) is 5.31. The first-order valence-corrected chi connectivity index (χ1v) is 7.16. The van der Waals surface area contributed by atoms with Crippen LogP contribution in [0.25, 0.3) is 0 Å². The van der Waals surface area contributed by atoms with Crippen molar-refractivity contribution in [2.75, 3.05) is 13.2 Å². The fourth-order valence-corrected chi connectivity index (χ4v) is 1.69. The molecule has 1 aromatic carbocycles. The Kier molecular flexibility index (Phi) is 7.02. The van der Waals surface area contributed by atoms with Gasteiger partial charge in [0.15, 0.2) is 0 Å². The molecule has 21 heavy (non-hydrogen) atoms. The van der Waals surface area contributed by atoms with Crippen molar-refractivity contribution in [1.29, 1.82) is 0 Å². The average molecular weight is 314 g/mol. The summed E-state index contributed by atoms with van der Waals surface area (Å²) in [5.74, 6) is -0.949. The number of carbonyl (C=O) groups excluding carboxylic acids is 1. The molecule has 0 aliphatic heterocycles. The Hall–Kier alpha value is -1.75. The van der Waals surface area contributed by atoms with E-state index in [2.05, 4.69) is 5.32 Å². The predicted octanol–water partition coefficient (Wildman–Crippen LogP) is 2.64. The summed E-state index contributed by atoms with van der Waals surface area (Å²) in [4.78, 5) is 22.1. The number of ether oxygens (including phenoxy) is 1. The van der Waals surface area contributed by atoms with Gasteiger partial charge in [-0.1, -0.05) is 18.5 Å². The van der Waals surface area contributed by atoms with Crippen molar-refractivity contribution in [3.8, 4) is 5.75 Å². The highest BCUT2D eigenvalue weighted by Crippen LogP contribution is 2.21. The summed E-state index contributed by atoms with van der Waals surface area (Å²) >= 11 is 5.92. The van der Waals surface area contributed by atoms with Gasteiger partial charge in [-0.05, 0) is 37.1 Å². The molecule has 0 aromatic heterocycles. The maximum atomic E-state index is 11.5. The summed E-state index contributed by atoms with van der Waals surface area (Å²) in [5.41, 5.74) is 0.939. The number of aryl methyl sites for hydroxylation is 1. The van der Waals surface area contributed by atoms with Crippen molar-refractivity contribution >= 4 is 23.5 Å². The Morgan fingerprint density at radius 1 is 1.43 bits per heavy atom. The molecule has 0 spiro atoms. The van der Waals surface area contributed by atoms with Crippen molar-refractivity contribution in [1.82, 2.24) is 5.32 Å². The molecule has 116 valence electrons.